The van der Waals surface area contributed by atoms with Gasteiger partial charge in [0.2, 0.25) is 5.23 Å². The average Bonchev–Trinajstić information content (AvgIpc) is 3.26. The minimum Gasteiger partial charge on any atom is -0.268 e. The monoisotopic (exact) mass is 479 g/mol. The molecule has 3 rings (SSSR count). The number of nitrogens with one attached hydrogen (secondary N) is 1. The van der Waals surface area contributed by atoms with Crippen molar-refractivity contribution in [1.82, 2.24) is 9.71 Å². The zero-order chi connectivity index (χ0) is 22.6. The third-order valence-electron chi connectivity index (χ3n) is 4.67. The van der Waals surface area contributed by atoms with E-state index >= 15 is 0 Å². The van der Waals surface area contributed by atoms with Gasteiger partial charge in [0.15, 0.2) is 0 Å². The largest absolute Gasteiger partial charge is 0.268 e. The lowest BCUT2D eigenvalue weighted by molar-refractivity contribution is 0.0981. The Morgan fingerprint density at radius 2 is 1.81 bits per heavy atom. The summed E-state index contributed by atoms with van der Waals surface area (Å²) in [5.74, 6) is 5.29. The molecule has 1 amide bonds. The highest BCUT2D eigenvalue weighted by molar-refractivity contribution is 7.99. The summed E-state index contributed by atoms with van der Waals surface area (Å²) < 4.78 is 39.4. The molecule has 0 aliphatic heterocycles. The summed E-state index contributed by atoms with van der Waals surface area (Å²) in [6.45, 7) is 0. The summed E-state index contributed by atoms with van der Waals surface area (Å²) in [4.78, 5) is 26.4. The van der Waals surface area contributed by atoms with Gasteiger partial charge in [0.1, 0.15) is 20.3 Å². The van der Waals surface area contributed by atoms with Gasteiger partial charge in [-0.3, -0.25) is 4.79 Å². The summed E-state index contributed by atoms with van der Waals surface area (Å²) in [7, 11) is -8.39. The van der Waals surface area contributed by atoms with Crippen molar-refractivity contribution in [3.8, 4) is 11.8 Å². The molecule has 1 fully saturated rings. The van der Waals surface area contributed by atoms with Gasteiger partial charge < -0.3 is 0 Å². The van der Waals surface area contributed by atoms with Gasteiger partial charge in [-0.15, -0.1) is 0 Å². The zero-order valence-electron chi connectivity index (χ0n) is 16.1. The fourth-order valence-corrected chi connectivity index (χ4v) is 5.81. The molecule has 1 atom stereocenters. The molecule has 1 aromatic carbocycles. The van der Waals surface area contributed by atoms with Crippen LogP contribution in [0.15, 0.2) is 46.3 Å². The number of benzene rings is 1. The minimum absolute atomic E-state index is 0.108. The Morgan fingerprint density at radius 3 is 2.42 bits per heavy atom. The lowest BCUT2D eigenvalue weighted by Crippen LogP contribution is -2.32. The smallest absolute Gasteiger partial charge is 0.266 e. The molecule has 1 aromatic heterocycles. The van der Waals surface area contributed by atoms with E-state index in [2.05, 4.69) is 16.8 Å². The van der Waals surface area contributed by atoms with E-state index in [0.717, 1.165) is 49.2 Å². The van der Waals surface area contributed by atoms with Gasteiger partial charge in [0.25, 0.3) is 15.9 Å². The number of nitrogens with two attached hydrogens (primary N) is 1. The molecule has 0 spiro atoms. The standard InChI is InChI=1S/C20H18ClN3O5S2/c21-16-11-15(12-23-17(16)10-9-14-5-1-2-6-14)20(26)24-31(28,29)19-8-4-3-7-18(19)30(22,27)13-25/h3-4,7-8,11-12,14H,1-2,5-6H2,(H2,22,27)(H,24,26). The number of aromatic nitrogens is 1. The van der Waals surface area contributed by atoms with Crippen LogP contribution in [0.3, 0.4) is 0 Å². The first-order chi connectivity index (χ1) is 14.6. The van der Waals surface area contributed by atoms with Gasteiger partial charge in [0, 0.05) is 12.1 Å². The first-order valence-corrected chi connectivity index (χ1v) is 12.7. The SMILES string of the molecule is NS(=O)(=C=O)c1ccccc1S(=O)(=O)NC(=O)c1cnc(C#CC2CCCC2)c(Cl)c1. The Morgan fingerprint density at radius 1 is 1.16 bits per heavy atom. The Hall–Kier alpha value is -2.67. The molecule has 31 heavy (non-hydrogen) atoms. The van der Waals surface area contributed by atoms with Crippen LogP contribution >= 0.6 is 11.6 Å². The van der Waals surface area contributed by atoms with Gasteiger partial charge in [-0.05, 0) is 37.0 Å². The fraction of sp³-hybridized carbons (Fsp3) is 0.250. The van der Waals surface area contributed by atoms with Gasteiger partial charge in [-0.1, -0.05) is 42.5 Å². The molecule has 11 heteroatoms. The molecule has 1 aliphatic carbocycles. The second-order valence-corrected chi connectivity index (χ2v) is 10.7. The van der Waals surface area contributed by atoms with Crippen molar-refractivity contribution in [3.63, 3.8) is 0 Å². The van der Waals surface area contributed by atoms with Gasteiger partial charge in [-0.2, -0.15) is 0 Å². The highest BCUT2D eigenvalue weighted by atomic mass is 35.5. The number of carbonyl (C=O) groups excluding carboxylic acids is 2. The summed E-state index contributed by atoms with van der Waals surface area (Å²) >= 11 is 6.16. The first-order valence-electron chi connectivity index (χ1n) is 9.18. The lowest BCUT2D eigenvalue weighted by Gasteiger charge is -2.11. The van der Waals surface area contributed by atoms with E-state index in [1.165, 1.54) is 18.2 Å². The van der Waals surface area contributed by atoms with Crippen LogP contribution in [0.5, 0.6) is 0 Å². The minimum atomic E-state index is -4.51. The van der Waals surface area contributed by atoms with Crippen LogP contribution in [0, 0.1) is 17.8 Å². The molecule has 2 aromatic rings. The summed E-state index contributed by atoms with van der Waals surface area (Å²) in [5, 5.41) is 6.62. The van der Waals surface area contributed by atoms with Crippen molar-refractivity contribution in [2.75, 3.05) is 0 Å². The van der Waals surface area contributed by atoms with Crippen LogP contribution in [0.1, 0.15) is 41.7 Å². The van der Waals surface area contributed by atoms with E-state index in [1.807, 2.05) is 4.72 Å². The Bertz CT molecular complexity index is 1340. The lowest BCUT2D eigenvalue weighted by atomic mass is 10.1. The van der Waals surface area contributed by atoms with E-state index < -0.39 is 35.4 Å². The molecule has 3 N–H and O–H groups in total. The van der Waals surface area contributed by atoms with Crippen LogP contribution in [0.25, 0.3) is 0 Å². The van der Waals surface area contributed by atoms with Crippen molar-refractivity contribution < 1.29 is 22.2 Å². The number of halogens is 1. The number of sulfonamides is 1. The molecule has 1 heterocycles. The number of hydrogen-bond acceptors (Lipinski definition) is 6. The number of rotatable bonds is 4. The fourth-order valence-electron chi connectivity index (χ4n) is 3.10. The Kier molecular flexibility index (Phi) is 6.84. The Labute approximate surface area is 185 Å². The van der Waals surface area contributed by atoms with E-state index in [-0.39, 0.29) is 10.6 Å². The van der Waals surface area contributed by atoms with Crippen LogP contribution in [0.2, 0.25) is 5.02 Å². The van der Waals surface area contributed by atoms with Crippen molar-refractivity contribution in [3.05, 3.63) is 52.8 Å². The highest BCUT2D eigenvalue weighted by Crippen LogP contribution is 2.24. The van der Waals surface area contributed by atoms with Gasteiger partial charge in [0.05, 0.1) is 15.5 Å². The molecule has 1 aliphatic rings. The Balaban J connectivity index is 1.86. The highest BCUT2D eigenvalue weighted by Gasteiger charge is 2.25. The quantitative estimate of drug-likeness (QED) is 0.508. The number of nitrogens with zero attached hydrogens (tertiary/aromatic N) is 1. The van der Waals surface area contributed by atoms with Gasteiger partial charge >= 0.3 is 0 Å². The number of carbonyl (C=O) groups is 1. The van der Waals surface area contributed by atoms with Gasteiger partial charge in [-0.25, -0.2) is 32.3 Å². The van der Waals surface area contributed by atoms with E-state index in [0.29, 0.717) is 11.6 Å². The summed E-state index contributed by atoms with van der Waals surface area (Å²) in [6.07, 6.45) is 5.50. The van der Waals surface area contributed by atoms with Crippen molar-refractivity contribution >= 4 is 42.5 Å². The maximum Gasteiger partial charge on any atom is 0.266 e. The average molecular weight is 480 g/mol. The zero-order valence-corrected chi connectivity index (χ0v) is 18.5. The topological polar surface area (TPSA) is 136 Å². The van der Waals surface area contributed by atoms with Crippen LogP contribution in [0.4, 0.5) is 0 Å². The van der Waals surface area contributed by atoms with Crippen molar-refractivity contribution in [2.24, 2.45) is 11.1 Å². The molecule has 1 unspecified atom stereocenters. The van der Waals surface area contributed by atoms with Crippen LogP contribution in [-0.4, -0.2) is 28.8 Å². The van der Waals surface area contributed by atoms with E-state index in [4.69, 9.17) is 16.7 Å². The van der Waals surface area contributed by atoms with E-state index in [9.17, 15) is 22.2 Å². The summed E-state index contributed by atoms with van der Waals surface area (Å²) in [6, 6.07) is 6.13. The molecular weight excluding hydrogens is 462 g/mol. The summed E-state index contributed by atoms with van der Waals surface area (Å²) in [5.41, 5.74) is 0.176. The molecule has 8 nitrogen and oxygen atoms in total. The second-order valence-electron chi connectivity index (χ2n) is 6.87. The normalized spacial score (nSPS) is 15.9. The number of amides is 1. The van der Waals surface area contributed by atoms with Crippen molar-refractivity contribution in [2.45, 2.75) is 35.5 Å². The van der Waals surface area contributed by atoms with Crippen LogP contribution < -0.4 is 9.86 Å². The predicted octanol–water partition coefficient (Wildman–Crippen LogP) is 1.98. The van der Waals surface area contributed by atoms with Crippen LogP contribution in [-0.2, 0) is 24.5 Å². The molecule has 162 valence electrons. The van der Waals surface area contributed by atoms with E-state index in [1.54, 1.807) is 0 Å². The second kappa shape index (κ2) is 9.22. The van der Waals surface area contributed by atoms with Crippen molar-refractivity contribution in [1.29, 1.82) is 0 Å². The number of hydrogen-bond donors (Lipinski definition) is 2. The molecule has 0 bridgehead atoms. The third kappa shape index (κ3) is 5.34. The molecule has 0 saturated heterocycles. The molecule has 0 radical (unpaired) electrons. The maximum atomic E-state index is 12.7. The predicted molar refractivity (Wildman–Crippen MR) is 115 cm³/mol. The number of pyridine rings is 1. The third-order valence-corrected chi connectivity index (χ3v) is 7.73. The maximum absolute atomic E-state index is 12.7. The first kappa shape index (κ1) is 23.0. The molecular formula is C20H18ClN3O5S2. The molecule has 1 saturated carbocycles.